The molecular weight excluding hydrogens is 314 g/mol. The molecule has 22 heavy (non-hydrogen) atoms. The van der Waals surface area contributed by atoms with E-state index in [0.717, 1.165) is 26.5 Å². The van der Waals surface area contributed by atoms with Gasteiger partial charge in [0.1, 0.15) is 15.8 Å². The van der Waals surface area contributed by atoms with Gasteiger partial charge >= 0.3 is 0 Å². The summed E-state index contributed by atoms with van der Waals surface area (Å²) in [7, 11) is 0. The Hall–Kier alpha value is -1.72. The number of hydrogen-bond donors (Lipinski definition) is 0. The second-order valence-electron chi connectivity index (χ2n) is 4.63. The number of hydrogen-bond acceptors (Lipinski definition) is 5. The van der Waals surface area contributed by atoms with Crippen LogP contribution >= 0.6 is 23.5 Å². The number of fused-ring (bicyclic) bond motifs is 1. The van der Waals surface area contributed by atoms with E-state index >= 15 is 0 Å². The zero-order valence-electron chi connectivity index (χ0n) is 12.3. The molecule has 0 unspecified atom stereocenters. The fourth-order valence-electron chi connectivity index (χ4n) is 2.32. The first-order valence-electron chi connectivity index (χ1n) is 6.94. The molecule has 3 nitrogen and oxygen atoms in total. The summed E-state index contributed by atoms with van der Waals surface area (Å²) < 4.78 is 6.51. The molecule has 1 heterocycles. The van der Waals surface area contributed by atoms with Crippen LogP contribution in [-0.2, 0) is 4.79 Å². The van der Waals surface area contributed by atoms with Crippen LogP contribution in [0.5, 0.6) is 5.75 Å². The van der Waals surface area contributed by atoms with E-state index in [1.54, 1.807) is 0 Å². The second-order valence-corrected chi connectivity index (χ2v) is 6.65. The molecule has 0 fully saturated rings. The third kappa shape index (κ3) is 2.91. The predicted molar refractivity (Wildman–Crippen MR) is 96.6 cm³/mol. The fraction of sp³-hybridized carbons (Fsp3) is 0.176. The normalized spacial score (nSPS) is 16.4. The Balaban J connectivity index is 2.18. The molecule has 0 atom stereocenters. The van der Waals surface area contributed by atoms with Crippen LogP contribution < -0.4 is 4.74 Å². The summed E-state index contributed by atoms with van der Waals surface area (Å²) in [6.45, 7) is 2.53. The highest BCUT2D eigenvalue weighted by molar-refractivity contribution is 8.45. The van der Waals surface area contributed by atoms with Crippen molar-refractivity contribution >= 4 is 49.9 Å². The lowest BCUT2D eigenvalue weighted by molar-refractivity contribution is -0.107. The Kier molecular flexibility index (Phi) is 4.55. The van der Waals surface area contributed by atoms with E-state index in [-0.39, 0.29) is 5.12 Å². The molecule has 0 aromatic heterocycles. The van der Waals surface area contributed by atoms with E-state index in [0.29, 0.717) is 12.3 Å². The maximum absolute atomic E-state index is 12.1. The van der Waals surface area contributed by atoms with Crippen molar-refractivity contribution < 1.29 is 9.53 Å². The van der Waals surface area contributed by atoms with Crippen LogP contribution in [0, 0.1) is 0 Å². The molecule has 3 rings (SSSR count). The minimum Gasteiger partial charge on any atom is -0.493 e. The summed E-state index contributed by atoms with van der Waals surface area (Å²) in [6.07, 6.45) is 3.76. The number of carbonyl (C=O) groups is 1. The molecule has 2 aromatic rings. The van der Waals surface area contributed by atoms with E-state index < -0.39 is 0 Å². The summed E-state index contributed by atoms with van der Waals surface area (Å²) in [6, 6.07) is 12.1. The van der Waals surface area contributed by atoms with Crippen molar-refractivity contribution in [3.63, 3.8) is 0 Å². The van der Waals surface area contributed by atoms with Gasteiger partial charge in [-0.2, -0.15) is 0 Å². The molecule has 0 N–H and O–H groups in total. The number of ether oxygens (including phenoxy) is 1. The number of thioether (sulfide) groups is 2. The molecular formula is C17H15NO2S2. The van der Waals surface area contributed by atoms with Gasteiger partial charge in [-0.1, -0.05) is 30.3 Å². The Morgan fingerprint density at radius 2 is 2.09 bits per heavy atom. The van der Waals surface area contributed by atoms with Crippen molar-refractivity contribution in [2.75, 3.05) is 12.9 Å². The van der Waals surface area contributed by atoms with Crippen LogP contribution in [0.1, 0.15) is 12.5 Å². The summed E-state index contributed by atoms with van der Waals surface area (Å²) in [4.78, 5) is 16.5. The number of rotatable bonds is 3. The molecule has 0 saturated heterocycles. The van der Waals surface area contributed by atoms with Gasteiger partial charge < -0.3 is 4.74 Å². The van der Waals surface area contributed by atoms with Crippen LogP contribution in [0.3, 0.4) is 0 Å². The molecule has 2 aromatic carbocycles. The predicted octanol–water partition coefficient (Wildman–Crippen LogP) is 4.57. The molecule has 0 radical (unpaired) electrons. The van der Waals surface area contributed by atoms with Crippen molar-refractivity contribution in [2.24, 2.45) is 4.99 Å². The summed E-state index contributed by atoms with van der Waals surface area (Å²) >= 11 is 2.67. The minimum absolute atomic E-state index is 0.0141. The van der Waals surface area contributed by atoms with E-state index in [1.165, 1.54) is 23.5 Å². The highest BCUT2D eigenvalue weighted by Crippen LogP contribution is 2.34. The van der Waals surface area contributed by atoms with Crippen molar-refractivity contribution in [1.29, 1.82) is 0 Å². The van der Waals surface area contributed by atoms with Gasteiger partial charge in [0, 0.05) is 5.56 Å². The van der Waals surface area contributed by atoms with Crippen molar-refractivity contribution in [3.05, 3.63) is 47.7 Å². The lowest BCUT2D eigenvalue weighted by atomic mass is 10.0. The highest BCUT2D eigenvalue weighted by Gasteiger charge is 2.22. The average molecular weight is 329 g/mol. The molecule has 0 aliphatic carbocycles. The molecule has 0 saturated carbocycles. The quantitative estimate of drug-likeness (QED) is 0.773. The Labute approximate surface area is 137 Å². The topological polar surface area (TPSA) is 38.7 Å². The van der Waals surface area contributed by atoms with E-state index in [2.05, 4.69) is 11.1 Å². The second kappa shape index (κ2) is 6.58. The van der Waals surface area contributed by atoms with Gasteiger partial charge in [0.05, 0.1) is 6.61 Å². The first-order chi connectivity index (χ1) is 10.7. The van der Waals surface area contributed by atoms with Gasteiger partial charge in [0.25, 0.3) is 0 Å². The molecule has 0 amide bonds. The smallest absolute Gasteiger partial charge is 0.244 e. The van der Waals surface area contributed by atoms with Gasteiger partial charge in [0.2, 0.25) is 5.12 Å². The lowest BCUT2D eigenvalue weighted by Crippen LogP contribution is -1.96. The fourth-order valence-corrected chi connectivity index (χ4v) is 3.58. The number of nitrogens with zero attached hydrogens (tertiary/aromatic N) is 1. The summed E-state index contributed by atoms with van der Waals surface area (Å²) in [5.74, 6) is 0.777. The third-order valence-electron chi connectivity index (χ3n) is 3.29. The van der Waals surface area contributed by atoms with Gasteiger partial charge in [0.15, 0.2) is 0 Å². The van der Waals surface area contributed by atoms with Crippen LogP contribution in [0.15, 0.2) is 47.1 Å². The summed E-state index contributed by atoms with van der Waals surface area (Å²) in [5.41, 5.74) is 1.39. The molecule has 1 aliphatic heterocycles. The van der Waals surface area contributed by atoms with Gasteiger partial charge in [-0.15, -0.1) is 11.8 Å². The molecule has 0 bridgehead atoms. The van der Waals surface area contributed by atoms with E-state index in [9.17, 15) is 4.79 Å². The Morgan fingerprint density at radius 1 is 1.27 bits per heavy atom. The largest absolute Gasteiger partial charge is 0.493 e. The van der Waals surface area contributed by atoms with Crippen molar-refractivity contribution in [1.82, 2.24) is 0 Å². The molecule has 5 heteroatoms. The zero-order valence-corrected chi connectivity index (χ0v) is 14.0. The zero-order chi connectivity index (χ0) is 15.5. The van der Waals surface area contributed by atoms with Crippen LogP contribution in [0.2, 0.25) is 0 Å². The van der Waals surface area contributed by atoms with E-state index in [1.807, 2.05) is 49.6 Å². The van der Waals surface area contributed by atoms with Gasteiger partial charge in [-0.3, -0.25) is 4.79 Å². The highest BCUT2D eigenvalue weighted by atomic mass is 32.2. The number of aliphatic imine (C=N–C) groups is 1. The van der Waals surface area contributed by atoms with Crippen LogP contribution in [0.25, 0.3) is 16.8 Å². The number of carbonyl (C=O) groups excluding carboxylic acids is 1. The Bertz CT molecular complexity index is 796. The standard InChI is InChI=1S/C17H15NO2S2/c1-3-20-15-9-8-11-6-4-5-7-12(11)13(15)10-14-16(19)22-17(18-14)21-2/h4-10H,3H2,1-2H3/b14-10-. The summed E-state index contributed by atoms with van der Waals surface area (Å²) in [5, 5.41) is 2.16. The van der Waals surface area contributed by atoms with Crippen LogP contribution in [0.4, 0.5) is 0 Å². The van der Waals surface area contributed by atoms with Gasteiger partial charge in [-0.05, 0) is 47.9 Å². The van der Waals surface area contributed by atoms with E-state index in [4.69, 9.17) is 4.74 Å². The molecule has 1 aliphatic rings. The maximum atomic E-state index is 12.1. The maximum Gasteiger partial charge on any atom is 0.244 e. The average Bonchev–Trinajstić information content (AvgIpc) is 2.90. The molecule has 112 valence electrons. The SMILES string of the molecule is CCOc1ccc2ccccc2c1/C=C1\N=C(SC)SC1=O. The Morgan fingerprint density at radius 3 is 2.82 bits per heavy atom. The first-order valence-corrected chi connectivity index (χ1v) is 8.98. The van der Waals surface area contributed by atoms with Crippen molar-refractivity contribution in [2.45, 2.75) is 6.92 Å². The first kappa shape index (κ1) is 15.2. The monoisotopic (exact) mass is 329 g/mol. The van der Waals surface area contributed by atoms with Crippen molar-refractivity contribution in [3.8, 4) is 5.75 Å². The lowest BCUT2D eigenvalue weighted by Gasteiger charge is -2.10. The van der Waals surface area contributed by atoms with Crippen LogP contribution in [-0.4, -0.2) is 22.4 Å². The third-order valence-corrected chi connectivity index (χ3v) is 5.14. The number of benzene rings is 2. The minimum atomic E-state index is -0.0141. The van der Waals surface area contributed by atoms with Gasteiger partial charge in [-0.25, -0.2) is 4.99 Å². The molecule has 0 spiro atoms.